The largest absolute Gasteiger partial charge is 0.457 e. The maximum atomic E-state index is 12.1. The van der Waals surface area contributed by atoms with Gasteiger partial charge in [0.1, 0.15) is 18.2 Å². The molecule has 0 unspecified atom stereocenters. The van der Waals surface area contributed by atoms with E-state index in [2.05, 4.69) is 11.9 Å². The third kappa shape index (κ3) is 5.05. The molecule has 9 heteroatoms. The second-order valence-corrected chi connectivity index (χ2v) is 6.89. The van der Waals surface area contributed by atoms with Crippen LogP contribution in [-0.4, -0.2) is 55.1 Å². The Kier molecular flexibility index (Phi) is 7.20. The first-order chi connectivity index (χ1) is 14.4. The molecule has 1 amide bonds. The first-order valence-electron chi connectivity index (χ1n) is 9.70. The Morgan fingerprint density at radius 2 is 1.93 bits per heavy atom. The van der Waals surface area contributed by atoms with Crippen molar-refractivity contribution in [2.24, 2.45) is 0 Å². The van der Waals surface area contributed by atoms with Crippen molar-refractivity contribution in [3.63, 3.8) is 0 Å². The summed E-state index contributed by atoms with van der Waals surface area (Å²) in [6.07, 6.45) is -3.22. The molecule has 1 aromatic rings. The molecule has 6 atom stereocenters. The van der Waals surface area contributed by atoms with Gasteiger partial charge in [0.05, 0.1) is 6.61 Å². The van der Waals surface area contributed by atoms with E-state index in [4.69, 9.17) is 23.7 Å². The molecule has 0 aromatic heterocycles. The molecule has 2 fully saturated rings. The topological polar surface area (TPSA) is 109 Å². The lowest BCUT2D eigenvalue weighted by molar-refractivity contribution is -0.339. The van der Waals surface area contributed by atoms with Crippen molar-refractivity contribution in [1.82, 2.24) is 5.32 Å². The van der Waals surface area contributed by atoms with E-state index in [1.54, 1.807) is 6.92 Å². The standard InChI is InChI=1S/C21H25NO8/c1-4-15(24)28-19-17(22-12(3)23)21(29-16(25)5-2)27-14-11-26-20(30-18(14)19)13-9-7-6-8-10-13/h5-10,14,17-21H,2,4,11H2,1,3H3,(H,22,23)/t14-,17+,18-,19+,20-,21+/m1/s1. The van der Waals surface area contributed by atoms with E-state index in [0.29, 0.717) is 0 Å². The Labute approximate surface area is 174 Å². The van der Waals surface area contributed by atoms with Crippen LogP contribution in [0.3, 0.4) is 0 Å². The maximum Gasteiger partial charge on any atom is 0.332 e. The Hall–Kier alpha value is -2.75. The van der Waals surface area contributed by atoms with Crippen molar-refractivity contribution >= 4 is 17.8 Å². The molecule has 0 spiro atoms. The van der Waals surface area contributed by atoms with Gasteiger partial charge < -0.3 is 29.0 Å². The number of ether oxygens (including phenoxy) is 5. The number of carbonyl (C=O) groups is 3. The molecule has 0 aliphatic carbocycles. The predicted molar refractivity (Wildman–Crippen MR) is 103 cm³/mol. The van der Waals surface area contributed by atoms with Gasteiger partial charge in [0, 0.05) is 25.0 Å². The number of esters is 2. The molecule has 0 bridgehead atoms. The molecule has 1 aromatic carbocycles. The van der Waals surface area contributed by atoms with E-state index in [-0.39, 0.29) is 13.0 Å². The van der Waals surface area contributed by atoms with Crippen molar-refractivity contribution in [2.45, 2.75) is 57.2 Å². The lowest BCUT2D eigenvalue weighted by Crippen LogP contribution is -2.67. The van der Waals surface area contributed by atoms with Crippen molar-refractivity contribution < 1.29 is 38.1 Å². The summed E-state index contributed by atoms with van der Waals surface area (Å²) in [5.41, 5.74) is 0.785. The summed E-state index contributed by atoms with van der Waals surface area (Å²) >= 11 is 0. The fraction of sp³-hybridized carbons (Fsp3) is 0.476. The zero-order valence-electron chi connectivity index (χ0n) is 16.8. The number of hydrogen-bond acceptors (Lipinski definition) is 8. The molecule has 0 radical (unpaired) electrons. The maximum absolute atomic E-state index is 12.1. The lowest BCUT2D eigenvalue weighted by Gasteiger charge is -2.48. The summed E-state index contributed by atoms with van der Waals surface area (Å²) in [6, 6.07) is 8.30. The summed E-state index contributed by atoms with van der Waals surface area (Å²) < 4.78 is 28.6. The Balaban J connectivity index is 1.90. The minimum Gasteiger partial charge on any atom is -0.457 e. The van der Waals surface area contributed by atoms with Crippen LogP contribution in [0.2, 0.25) is 0 Å². The molecule has 1 N–H and O–H groups in total. The average molecular weight is 419 g/mol. The third-order valence-electron chi connectivity index (χ3n) is 4.74. The monoisotopic (exact) mass is 419 g/mol. The molecule has 2 aliphatic rings. The first kappa shape index (κ1) is 21.9. The molecular formula is C21H25NO8. The quantitative estimate of drug-likeness (QED) is 0.544. The van der Waals surface area contributed by atoms with Crippen LogP contribution in [0, 0.1) is 0 Å². The number of carbonyl (C=O) groups excluding carboxylic acids is 3. The van der Waals surface area contributed by atoms with Gasteiger partial charge in [-0.2, -0.15) is 0 Å². The third-order valence-corrected chi connectivity index (χ3v) is 4.74. The molecular weight excluding hydrogens is 394 g/mol. The van der Waals surface area contributed by atoms with Gasteiger partial charge >= 0.3 is 11.9 Å². The van der Waals surface area contributed by atoms with Crippen LogP contribution in [0.25, 0.3) is 0 Å². The molecule has 3 rings (SSSR count). The Morgan fingerprint density at radius 1 is 1.20 bits per heavy atom. The molecule has 2 aliphatic heterocycles. The highest BCUT2D eigenvalue weighted by molar-refractivity contribution is 5.81. The molecule has 2 saturated heterocycles. The number of rotatable bonds is 6. The zero-order chi connectivity index (χ0) is 21.7. The SMILES string of the molecule is C=CC(=O)O[C@@H]1O[C@@H]2CO[C@@H](c3ccccc3)O[C@H]2[C@@H](OC(=O)CC)[C@@H]1NC(C)=O. The summed E-state index contributed by atoms with van der Waals surface area (Å²) in [4.78, 5) is 35.8. The summed E-state index contributed by atoms with van der Waals surface area (Å²) in [7, 11) is 0. The van der Waals surface area contributed by atoms with Crippen molar-refractivity contribution in [2.75, 3.05) is 6.61 Å². The summed E-state index contributed by atoms with van der Waals surface area (Å²) in [6.45, 7) is 6.43. The van der Waals surface area contributed by atoms with Crippen LogP contribution < -0.4 is 5.32 Å². The van der Waals surface area contributed by atoms with E-state index < -0.39 is 54.8 Å². The second-order valence-electron chi connectivity index (χ2n) is 6.89. The van der Waals surface area contributed by atoms with Crippen LogP contribution in [0.4, 0.5) is 0 Å². The molecule has 162 valence electrons. The highest BCUT2D eigenvalue weighted by atomic mass is 16.8. The average Bonchev–Trinajstić information content (AvgIpc) is 2.75. The minimum atomic E-state index is -1.21. The highest BCUT2D eigenvalue weighted by Crippen LogP contribution is 2.35. The number of fused-ring (bicyclic) bond motifs is 1. The fourth-order valence-corrected chi connectivity index (χ4v) is 3.38. The number of benzene rings is 1. The van der Waals surface area contributed by atoms with Gasteiger partial charge in [0.25, 0.3) is 0 Å². The van der Waals surface area contributed by atoms with Crippen LogP contribution in [0.1, 0.15) is 32.1 Å². The van der Waals surface area contributed by atoms with Gasteiger partial charge in [-0.15, -0.1) is 0 Å². The van der Waals surface area contributed by atoms with Crippen molar-refractivity contribution in [3.8, 4) is 0 Å². The van der Waals surface area contributed by atoms with Crippen LogP contribution in [-0.2, 0) is 38.1 Å². The Morgan fingerprint density at radius 3 is 2.57 bits per heavy atom. The number of amides is 1. The number of hydrogen-bond donors (Lipinski definition) is 1. The van der Waals surface area contributed by atoms with Gasteiger partial charge in [0.2, 0.25) is 12.2 Å². The zero-order valence-corrected chi connectivity index (χ0v) is 16.8. The number of nitrogens with one attached hydrogen (secondary N) is 1. The highest BCUT2D eigenvalue weighted by Gasteiger charge is 2.53. The van der Waals surface area contributed by atoms with Gasteiger partial charge in [-0.05, 0) is 0 Å². The van der Waals surface area contributed by atoms with E-state index in [1.807, 2.05) is 30.3 Å². The van der Waals surface area contributed by atoms with E-state index in [0.717, 1.165) is 11.6 Å². The predicted octanol–water partition coefficient (Wildman–Crippen LogP) is 1.38. The van der Waals surface area contributed by atoms with Gasteiger partial charge in [-0.3, -0.25) is 9.59 Å². The van der Waals surface area contributed by atoms with Gasteiger partial charge in [-0.25, -0.2) is 4.79 Å². The smallest absolute Gasteiger partial charge is 0.332 e. The molecule has 30 heavy (non-hydrogen) atoms. The van der Waals surface area contributed by atoms with Gasteiger partial charge in [-0.1, -0.05) is 43.8 Å². The van der Waals surface area contributed by atoms with Crippen LogP contribution >= 0.6 is 0 Å². The van der Waals surface area contributed by atoms with E-state index in [1.165, 1.54) is 6.92 Å². The van der Waals surface area contributed by atoms with Crippen molar-refractivity contribution in [3.05, 3.63) is 48.6 Å². The first-order valence-corrected chi connectivity index (χ1v) is 9.70. The normalized spacial score (nSPS) is 30.5. The fourth-order valence-electron chi connectivity index (χ4n) is 3.38. The molecule has 2 heterocycles. The molecule has 9 nitrogen and oxygen atoms in total. The van der Waals surface area contributed by atoms with Crippen LogP contribution in [0.15, 0.2) is 43.0 Å². The van der Waals surface area contributed by atoms with Crippen LogP contribution in [0.5, 0.6) is 0 Å². The minimum absolute atomic E-state index is 0.110. The van der Waals surface area contributed by atoms with E-state index in [9.17, 15) is 14.4 Å². The lowest BCUT2D eigenvalue weighted by atomic mass is 9.95. The van der Waals surface area contributed by atoms with E-state index >= 15 is 0 Å². The van der Waals surface area contributed by atoms with Crippen molar-refractivity contribution in [1.29, 1.82) is 0 Å². The van der Waals surface area contributed by atoms with Gasteiger partial charge in [0.15, 0.2) is 12.4 Å². The summed E-state index contributed by atoms with van der Waals surface area (Å²) in [5.74, 6) is -1.64. The molecule has 0 saturated carbocycles. The summed E-state index contributed by atoms with van der Waals surface area (Å²) in [5, 5.41) is 2.65. The second kappa shape index (κ2) is 9.84. The Bertz CT molecular complexity index is 782.